The summed E-state index contributed by atoms with van der Waals surface area (Å²) in [4.78, 5) is 2.40. The highest BCUT2D eigenvalue weighted by atomic mass is 19.1. The van der Waals surface area contributed by atoms with Gasteiger partial charge in [0.25, 0.3) is 0 Å². The van der Waals surface area contributed by atoms with Crippen molar-refractivity contribution in [3.05, 3.63) is 35.1 Å². The minimum absolute atomic E-state index is 0.0457. The van der Waals surface area contributed by atoms with Gasteiger partial charge in [-0.3, -0.25) is 4.90 Å². The van der Waals surface area contributed by atoms with E-state index in [1.54, 1.807) is 6.07 Å². The summed E-state index contributed by atoms with van der Waals surface area (Å²) in [5.41, 5.74) is 1.93. The molecular weight excluding hydrogens is 213 g/mol. The third-order valence-corrected chi connectivity index (χ3v) is 3.63. The number of rotatable bonds is 5. The molecule has 0 aliphatic carbocycles. The van der Waals surface area contributed by atoms with Crippen molar-refractivity contribution in [1.82, 2.24) is 4.90 Å². The molecule has 2 rings (SSSR count). The normalized spacial score (nSPS) is 17.1. The Morgan fingerprint density at radius 1 is 1.29 bits per heavy atom. The summed E-state index contributed by atoms with van der Waals surface area (Å²) in [6.45, 7) is 7.50. The van der Waals surface area contributed by atoms with E-state index in [4.69, 9.17) is 0 Å². The fraction of sp³-hybridized carbons (Fsp3) is 0.600. The fourth-order valence-electron chi connectivity index (χ4n) is 2.63. The van der Waals surface area contributed by atoms with Gasteiger partial charge in [-0.15, -0.1) is 0 Å². The van der Waals surface area contributed by atoms with Crippen LogP contribution in [0.4, 0.5) is 4.39 Å². The summed E-state index contributed by atoms with van der Waals surface area (Å²) in [6, 6.07) is 5.69. The lowest BCUT2D eigenvalue weighted by Gasteiger charge is -2.39. The summed E-state index contributed by atoms with van der Waals surface area (Å²) in [6.07, 6.45) is 3.38. The molecule has 0 spiro atoms. The van der Waals surface area contributed by atoms with Gasteiger partial charge in [0, 0.05) is 19.6 Å². The van der Waals surface area contributed by atoms with E-state index < -0.39 is 0 Å². The first-order chi connectivity index (χ1) is 8.22. The molecule has 0 bridgehead atoms. The van der Waals surface area contributed by atoms with E-state index in [9.17, 15) is 4.39 Å². The van der Waals surface area contributed by atoms with Crippen molar-refractivity contribution in [3.63, 3.8) is 0 Å². The molecule has 17 heavy (non-hydrogen) atoms. The zero-order valence-electron chi connectivity index (χ0n) is 10.9. The molecule has 0 N–H and O–H groups in total. The Morgan fingerprint density at radius 2 is 2.06 bits per heavy atom. The summed E-state index contributed by atoms with van der Waals surface area (Å²) >= 11 is 0. The van der Waals surface area contributed by atoms with Crippen molar-refractivity contribution in [2.24, 2.45) is 5.92 Å². The Kier molecular flexibility index (Phi) is 4.16. The van der Waals surface area contributed by atoms with E-state index in [1.807, 2.05) is 13.0 Å². The summed E-state index contributed by atoms with van der Waals surface area (Å²) in [5.74, 6) is 0.829. The van der Waals surface area contributed by atoms with E-state index in [-0.39, 0.29) is 5.82 Å². The zero-order valence-corrected chi connectivity index (χ0v) is 10.9. The molecule has 1 saturated heterocycles. The molecule has 1 heterocycles. The first-order valence-electron chi connectivity index (χ1n) is 6.72. The standard InChI is InChI=1S/C15H22FN/c1-3-5-13-10-17(11-13)9-12-6-7-14(4-2)15(16)8-12/h6-8,13H,3-5,9-11H2,1-2H3. The first kappa shape index (κ1) is 12.6. The van der Waals surface area contributed by atoms with Gasteiger partial charge < -0.3 is 0 Å². The van der Waals surface area contributed by atoms with Gasteiger partial charge in [0.05, 0.1) is 0 Å². The second-order valence-corrected chi connectivity index (χ2v) is 5.13. The van der Waals surface area contributed by atoms with Crippen molar-refractivity contribution >= 4 is 0 Å². The van der Waals surface area contributed by atoms with Crippen LogP contribution in [0.15, 0.2) is 18.2 Å². The van der Waals surface area contributed by atoms with Crippen LogP contribution in [0.1, 0.15) is 37.8 Å². The minimum atomic E-state index is -0.0457. The van der Waals surface area contributed by atoms with Gasteiger partial charge in [-0.25, -0.2) is 4.39 Å². The number of likely N-dealkylation sites (tertiary alicyclic amines) is 1. The van der Waals surface area contributed by atoms with E-state index in [2.05, 4.69) is 17.9 Å². The summed E-state index contributed by atoms with van der Waals surface area (Å²) in [7, 11) is 0. The van der Waals surface area contributed by atoms with Crippen molar-refractivity contribution in [1.29, 1.82) is 0 Å². The van der Waals surface area contributed by atoms with Crippen molar-refractivity contribution in [2.45, 2.75) is 39.7 Å². The van der Waals surface area contributed by atoms with Crippen LogP contribution in [0, 0.1) is 11.7 Å². The molecule has 1 aliphatic rings. The zero-order chi connectivity index (χ0) is 12.3. The van der Waals surface area contributed by atoms with Crippen LogP contribution < -0.4 is 0 Å². The predicted octanol–water partition coefficient (Wildman–Crippen LogP) is 3.62. The molecule has 1 fully saturated rings. The number of nitrogens with zero attached hydrogens (tertiary/aromatic N) is 1. The van der Waals surface area contributed by atoms with E-state index in [0.717, 1.165) is 30.0 Å². The second kappa shape index (κ2) is 5.63. The average molecular weight is 235 g/mol. The highest BCUT2D eigenvalue weighted by molar-refractivity contribution is 5.24. The maximum atomic E-state index is 13.6. The highest BCUT2D eigenvalue weighted by Gasteiger charge is 2.25. The van der Waals surface area contributed by atoms with Gasteiger partial charge in [0.15, 0.2) is 0 Å². The maximum Gasteiger partial charge on any atom is 0.126 e. The lowest BCUT2D eigenvalue weighted by atomic mass is 9.94. The van der Waals surface area contributed by atoms with Crippen LogP contribution in [-0.4, -0.2) is 18.0 Å². The Morgan fingerprint density at radius 3 is 2.65 bits per heavy atom. The van der Waals surface area contributed by atoms with Crippen LogP contribution in [0.2, 0.25) is 0 Å². The number of hydrogen-bond donors (Lipinski definition) is 0. The molecule has 1 aromatic carbocycles. The van der Waals surface area contributed by atoms with Crippen molar-refractivity contribution in [2.75, 3.05) is 13.1 Å². The average Bonchev–Trinajstić information content (AvgIpc) is 2.26. The first-order valence-corrected chi connectivity index (χ1v) is 6.72. The maximum absolute atomic E-state index is 13.6. The van der Waals surface area contributed by atoms with E-state index in [1.165, 1.54) is 25.9 Å². The SMILES string of the molecule is CCCC1CN(Cc2ccc(CC)c(F)c2)C1. The van der Waals surface area contributed by atoms with Crippen molar-refractivity contribution in [3.8, 4) is 0 Å². The fourth-order valence-corrected chi connectivity index (χ4v) is 2.63. The number of aryl methyl sites for hydroxylation is 1. The van der Waals surface area contributed by atoms with Crippen LogP contribution in [-0.2, 0) is 13.0 Å². The minimum Gasteiger partial charge on any atom is -0.298 e. The highest BCUT2D eigenvalue weighted by Crippen LogP contribution is 2.23. The molecule has 0 saturated carbocycles. The Labute approximate surface area is 104 Å². The Balaban J connectivity index is 1.86. The number of hydrogen-bond acceptors (Lipinski definition) is 1. The molecule has 94 valence electrons. The second-order valence-electron chi connectivity index (χ2n) is 5.13. The monoisotopic (exact) mass is 235 g/mol. The lowest BCUT2D eigenvalue weighted by Crippen LogP contribution is -2.45. The number of halogens is 1. The van der Waals surface area contributed by atoms with Gasteiger partial charge in [-0.2, -0.15) is 0 Å². The van der Waals surface area contributed by atoms with Crippen LogP contribution in [0.5, 0.6) is 0 Å². The third-order valence-electron chi connectivity index (χ3n) is 3.63. The van der Waals surface area contributed by atoms with Gasteiger partial charge in [-0.1, -0.05) is 32.4 Å². The van der Waals surface area contributed by atoms with Gasteiger partial charge in [-0.05, 0) is 36.0 Å². The molecular formula is C15H22FN. The van der Waals surface area contributed by atoms with Crippen LogP contribution >= 0.6 is 0 Å². The van der Waals surface area contributed by atoms with E-state index >= 15 is 0 Å². The quantitative estimate of drug-likeness (QED) is 0.753. The van der Waals surface area contributed by atoms with Gasteiger partial charge in [0.2, 0.25) is 0 Å². The molecule has 0 radical (unpaired) electrons. The molecule has 0 atom stereocenters. The summed E-state index contributed by atoms with van der Waals surface area (Å²) in [5, 5.41) is 0. The molecule has 0 aromatic heterocycles. The molecule has 1 aliphatic heterocycles. The molecule has 2 heteroatoms. The van der Waals surface area contributed by atoms with Gasteiger partial charge in [0.1, 0.15) is 5.82 Å². The Bertz CT molecular complexity index is 369. The molecule has 1 aromatic rings. The molecule has 1 nitrogen and oxygen atoms in total. The van der Waals surface area contributed by atoms with E-state index in [0.29, 0.717) is 0 Å². The van der Waals surface area contributed by atoms with Crippen molar-refractivity contribution < 1.29 is 4.39 Å². The third kappa shape index (κ3) is 3.06. The molecule has 0 unspecified atom stereocenters. The predicted molar refractivity (Wildman–Crippen MR) is 69.5 cm³/mol. The lowest BCUT2D eigenvalue weighted by molar-refractivity contribution is 0.0859. The summed E-state index contributed by atoms with van der Waals surface area (Å²) < 4.78 is 13.6. The number of benzene rings is 1. The topological polar surface area (TPSA) is 3.24 Å². The van der Waals surface area contributed by atoms with Gasteiger partial charge >= 0.3 is 0 Å². The van der Waals surface area contributed by atoms with Crippen LogP contribution in [0.3, 0.4) is 0 Å². The Hall–Kier alpha value is -0.890. The smallest absolute Gasteiger partial charge is 0.126 e. The van der Waals surface area contributed by atoms with Crippen LogP contribution in [0.25, 0.3) is 0 Å². The largest absolute Gasteiger partial charge is 0.298 e. The molecule has 0 amide bonds.